The maximum Gasteiger partial charge on any atom is 0.333 e. The number of ether oxygens (including phenoxy) is 3. The summed E-state index contributed by atoms with van der Waals surface area (Å²) in [5.74, 6) is -1.76. The number of hydrogen-bond acceptors (Lipinski definition) is 7. The fourth-order valence-electron chi connectivity index (χ4n) is 3.52. The van der Waals surface area contributed by atoms with Gasteiger partial charge in [0.05, 0.1) is 12.5 Å². The summed E-state index contributed by atoms with van der Waals surface area (Å²) in [5.41, 5.74) is 1.11. The Morgan fingerprint density at radius 1 is 0.900 bits per heavy atom. The molecule has 210 valence electrons. The van der Waals surface area contributed by atoms with Gasteiger partial charge in [0, 0.05) is 27.9 Å². The van der Waals surface area contributed by atoms with Crippen LogP contribution in [0.2, 0.25) is 10.0 Å². The second-order valence-electron chi connectivity index (χ2n) is 9.89. The summed E-state index contributed by atoms with van der Waals surface area (Å²) in [5, 5.41) is 3.68. The van der Waals surface area contributed by atoms with Crippen LogP contribution in [0, 0.1) is 5.41 Å². The van der Waals surface area contributed by atoms with E-state index >= 15 is 0 Å². The zero-order valence-electron chi connectivity index (χ0n) is 23.0. The Morgan fingerprint density at radius 2 is 1.43 bits per heavy atom. The lowest BCUT2D eigenvalue weighted by Crippen LogP contribution is -2.40. The van der Waals surface area contributed by atoms with Gasteiger partial charge in [-0.25, -0.2) is 9.78 Å². The first-order chi connectivity index (χ1) is 18.8. The van der Waals surface area contributed by atoms with Gasteiger partial charge in [-0.1, -0.05) is 47.5 Å². The van der Waals surface area contributed by atoms with Gasteiger partial charge in [-0.15, -0.1) is 0 Å². The molecule has 3 aromatic rings. The van der Waals surface area contributed by atoms with E-state index in [-0.39, 0.29) is 17.2 Å². The van der Waals surface area contributed by atoms with Crippen LogP contribution in [0.3, 0.4) is 0 Å². The van der Waals surface area contributed by atoms with Gasteiger partial charge in [0.25, 0.3) is 5.91 Å². The van der Waals surface area contributed by atoms with Crippen molar-refractivity contribution >= 4 is 46.6 Å². The van der Waals surface area contributed by atoms with E-state index in [1.807, 2.05) is 24.3 Å². The highest BCUT2D eigenvalue weighted by Crippen LogP contribution is 2.32. The molecule has 0 bridgehead atoms. The lowest BCUT2D eigenvalue weighted by molar-refractivity contribution is -0.143. The molecule has 0 aliphatic heterocycles. The average molecular weight is 585 g/mol. The summed E-state index contributed by atoms with van der Waals surface area (Å²) in [6.07, 6.45) is 1.34. The van der Waals surface area contributed by atoms with Crippen LogP contribution < -0.4 is 14.8 Å². The molecule has 0 unspecified atom stereocenters. The van der Waals surface area contributed by atoms with Crippen LogP contribution in [-0.2, 0) is 14.3 Å². The quantitative estimate of drug-likeness (QED) is 0.238. The zero-order valence-corrected chi connectivity index (χ0v) is 24.5. The van der Waals surface area contributed by atoms with Crippen LogP contribution in [0.5, 0.6) is 11.5 Å². The molecule has 1 N–H and O–H groups in total. The molecule has 0 saturated heterocycles. The number of esters is 2. The standard InChI is InChI=1S/C30H30Cl2N2O6/c1-17(34-27(35)25-26(23(38-6)15-16-33-25)40-29(37)30(3,4)5)28(36)39-18(2)24(19-7-11-21(31)12-8-19)20-9-13-22(32)14-10-20/h7-17H,1-6H3,(H,34,35)/t17-/m0/s1. The van der Waals surface area contributed by atoms with Crippen molar-refractivity contribution < 1.29 is 28.6 Å². The fourth-order valence-corrected chi connectivity index (χ4v) is 3.77. The number of carbonyl (C=O) groups is 3. The Morgan fingerprint density at radius 3 is 1.90 bits per heavy atom. The monoisotopic (exact) mass is 584 g/mol. The summed E-state index contributed by atoms with van der Waals surface area (Å²) in [6.45, 7) is 8.15. The largest absolute Gasteiger partial charge is 0.493 e. The number of nitrogens with one attached hydrogen (secondary N) is 1. The predicted molar refractivity (Wildman–Crippen MR) is 153 cm³/mol. The third-order valence-corrected chi connectivity index (χ3v) is 6.19. The molecule has 0 spiro atoms. The smallest absolute Gasteiger partial charge is 0.333 e. The molecule has 0 saturated carbocycles. The molecule has 1 aromatic heterocycles. The Hall–Kier alpha value is -3.88. The van der Waals surface area contributed by atoms with Gasteiger partial charge in [-0.3, -0.25) is 9.59 Å². The minimum Gasteiger partial charge on any atom is -0.493 e. The molecule has 1 atom stereocenters. The first-order valence-electron chi connectivity index (χ1n) is 12.3. The number of nitrogens with zero attached hydrogens (tertiary/aromatic N) is 1. The van der Waals surface area contributed by atoms with E-state index in [1.54, 1.807) is 52.0 Å². The van der Waals surface area contributed by atoms with Gasteiger partial charge in [0.1, 0.15) is 11.8 Å². The van der Waals surface area contributed by atoms with Crippen LogP contribution in [0.1, 0.15) is 56.2 Å². The third-order valence-electron chi connectivity index (χ3n) is 5.68. The van der Waals surface area contributed by atoms with Gasteiger partial charge in [-0.05, 0) is 70.0 Å². The highest BCUT2D eigenvalue weighted by Gasteiger charge is 2.30. The number of allylic oxidation sites excluding steroid dienone is 1. The first kappa shape index (κ1) is 30.7. The van der Waals surface area contributed by atoms with Crippen LogP contribution >= 0.6 is 23.2 Å². The summed E-state index contributed by atoms with van der Waals surface area (Å²) >= 11 is 12.1. The maximum atomic E-state index is 13.1. The van der Waals surface area contributed by atoms with Crippen molar-refractivity contribution in [2.45, 2.75) is 40.7 Å². The van der Waals surface area contributed by atoms with Crippen LogP contribution in [-0.4, -0.2) is 36.0 Å². The number of methoxy groups -OCH3 is 1. The molecule has 3 rings (SSSR count). The predicted octanol–water partition coefficient (Wildman–Crippen LogP) is 6.49. The topological polar surface area (TPSA) is 104 Å². The number of aromatic nitrogens is 1. The molecular formula is C30H30Cl2N2O6. The molecule has 0 aliphatic carbocycles. The fraction of sp³-hybridized carbons (Fsp3) is 0.267. The molecule has 40 heavy (non-hydrogen) atoms. The second kappa shape index (κ2) is 13.0. The molecule has 0 aliphatic rings. The number of carbonyl (C=O) groups excluding carboxylic acids is 3. The van der Waals surface area contributed by atoms with Gasteiger partial charge < -0.3 is 19.5 Å². The molecule has 10 heteroatoms. The Bertz CT molecular complexity index is 1380. The minimum absolute atomic E-state index is 0.141. The van der Waals surface area contributed by atoms with Crippen molar-refractivity contribution in [2.75, 3.05) is 7.11 Å². The lowest BCUT2D eigenvalue weighted by atomic mass is 9.97. The number of halogens is 2. The molecular weight excluding hydrogens is 555 g/mol. The van der Waals surface area contributed by atoms with Crippen LogP contribution in [0.4, 0.5) is 0 Å². The van der Waals surface area contributed by atoms with Crippen molar-refractivity contribution in [3.63, 3.8) is 0 Å². The van der Waals surface area contributed by atoms with Crippen LogP contribution in [0.15, 0.2) is 66.6 Å². The van der Waals surface area contributed by atoms with Gasteiger partial charge >= 0.3 is 11.9 Å². The second-order valence-corrected chi connectivity index (χ2v) is 10.8. The summed E-state index contributed by atoms with van der Waals surface area (Å²) in [4.78, 5) is 42.8. The van der Waals surface area contributed by atoms with Crippen molar-refractivity contribution in [3.05, 3.63) is 93.4 Å². The lowest BCUT2D eigenvalue weighted by Gasteiger charge is -2.20. The average Bonchev–Trinajstić information content (AvgIpc) is 2.90. The van der Waals surface area contributed by atoms with E-state index in [9.17, 15) is 14.4 Å². The summed E-state index contributed by atoms with van der Waals surface area (Å²) < 4.78 is 16.4. The highest BCUT2D eigenvalue weighted by atomic mass is 35.5. The SMILES string of the molecule is COc1ccnc(C(=O)N[C@@H](C)C(=O)OC(C)=C(c2ccc(Cl)cc2)c2ccc(Cl)cc2)c1OC(=O)C(C)(C)C. The van der Waals surface area contributed by atoms with E-state index in [0.29, 0.717) is 21.4 Å². The Kier molecular flexibility index (Phi) is 9.95. The van der Waals surface area contributed by atoms with Crippen molar-refractivity contribution in [3.8, 4) is 11.5 Å². The molecule has 0 radical (unpaired) electrons. The molecule has 2 aromatic carbocycles. The number of benzene rings is 2. The molecule has 1 heterocycles. The van der Waals surface area contributed by atoms with E-state index in [2.05, 4.69) is 10.3 Å². The molecule has 8 nitrogen and oxygen atoms in total. The number of amides is 1. The van der Waals surface area contributed by atoms with Crippen molar-refractivity contribution in [1.82, 2.24) is 10.3 Å². The third kappa shape index (κ3) is 7.61. The zero-order chi connectivity index (χ0) is 29.6. The summed E-state index contributed by atoms with van der Waals surface area (Å²) in [7, 11) is 1.37. The van der Waals surface area contributed by atoms with Gasteiger partial charge in [0.15, 0.2) is 11.4 Å². The number of pyridine rings is 1. The van der Waals surface area contributed by atoms with Gasteiger partial charge in [-0.2, -0.15) is 0 Å². The van der Waals surface area contributed by atoms with Crippen LogP contribution in [0.25, 0.3) is 5.57 Å². The van der Waals surface area contributed by atoms with E-state index < -0.39 is 29.3 Å². The van der Waals surface area contributed by atoms with Gasteiger partial charge in [0.2, 0.25) is 5.75 Å². The van der Waals surface area contributed by atoms with E-state index in [4.69, 9.17) is 37.4 Å². The maximum absolute atomic E-state index is 13.1. The molecule has 1 amide bonds. The Labute approximate surface area is 243 Å². The highest BCUT2D eigenvalue weighted by molar-refractivity contribution is 6.31. The Balaban J connectivity index is 1.86. The number of hydrogen-bond donors (Lipinski definition) is 1. The first-order valence-corrected chi connectivity index (χ1v) is 13.1. The number of rotatable bonds is 8. The van der Waals surface area contributed by atoms with Crippen molar-refractivity contribution in [1.29, 1.82) is 0 Å². The minimum atomic E-state index is -1.08. The normalized spacial score (nSPS) is 11.7. The van der Waals surface area contributed by atoms with Crippen molar-refractivity contribution in [2.24, 2.45) is 5.41 Å². The molecule has 0 fully saturated rings. The summed E-state index contributed by atoms with van der Waals surface area (Å²) in [6, 6.07) is 14.5. The van der Waals surface area contributed by atoms with E-state index in [0.717, 1.165) is 11.1 Å². The van der Waals surface area contributed by atoms with E-state index in [1.165, 1.54) is 26.3 Å².